The van der Waals surface area contributed by atoms with Crippen molar-refractivity contribution < 1.29 is 9.47 Å². The molecule has 0 radical (unpaired) electrons. The third kappa shape index (κ3) is 7.70. The van der Waals surface area contributed by atoms with Crippen LogP contribution in [0.1, 0.15) is 63.1 Å². The molecule has 2 fully saturated rings. The molecule has 2 aromatic carbocycles. The fraction of sp³-hybridized carbons (Fsp3) is 0.545. The predicted molar refractivity (Wildman–Crippen MR) is 156 cm³/mol. The number of piperidine rings is 1. The molecule has 0 N–H and O–H groups in total. The normalized spacial score (nSPS) is 17.9. The molecule has 1 aromatic heterocycles. The fourth-order valence-corrected chi connectivity index (χ4v) is 5.76. The van der Waals surface area contributed by atoms with Gasteiger partial charge in [-0.2, -0.15) is 0 Å². The van der Waals surface area contributed by atoms with Crippen molar-refractivity contribution in [3.63, 3.8) is 0 Å². The van der Waals surface area contributed by atoms with Gasteiger partial charge in [0.2, 0.25) is 0 Å². The molecule has 2 aliphatic rings. The molecule has 2 aliphatic heterocycles. The van der Waals surface area contributed by atoms with E-state index in [1.165, 1.54) is 50.9 Å². The number of aryl methyl sites for hydroxylation is 1. The zero-order valence-corrected chi connectivity index (χ0v) is 23.2. The van der Waals surface area contributed by atoms with E-state index in [9.17, 15) is 0 Å². The smallest absolute Gasteiger partial charge is 0.145 e. The molecular formula is C33H45N3O2. The summed E-state index contributed by atoms with van der Waals surface area (Å²) in [5.74, 6) is 1.93. The van der Waals surface area contributed by atoms with E-state index >= 15 is 0 Å². The molecule has 0 saturated carbocycles. The van der Waals surface area contributed by atoms with Gasteiger partial charge in [-0.1, -0.05) is 50.1 Å². The van der Waals surface area contributed by atoms with Crippen LogP contribution in [0.4, 0.5) is 0 Å². The molecule has 0 atom stereocenters. The average Bonchev–Trinajstić information content (AvgIpc) is 3.24. The first-order valence-corrected chi connectivity index (χ1v) is 15.0. The Morgan fingerprint density at radius 1 is 0.816 bits per heavy atom. The Morgan fingerprint density at radius 3 is 2.34 bits per heavy atom. The molecule has 204 valence electrons. The number of nitrogens with zero attached hydrogens (tertiary/aromatic N) is 3. The Labute approximate surface area is 229 Å². The first kappa shape index (κ1) is 27.0. The zero-order valence-electron chi connectivity index (χ0n) is 23.2. The molecule has 0 spiro atoms. The summed E-state index contributed by atoms with van der Waals surface area (Å²) in [7, 11) is 0. The lowest BCUT2D eigenvalue weighted by Crippen LogP contribution is -2.39. The molecule has 38 heavy (non-hydrogen) atoms. The highest BCUT2D eigenvalue weighted by molar-refractivity contribution is 5.84. The predicted octanol–water partition coefficient (Wildman–Crippen LogP) is 6.53. The number of hydrogen-bond donors (Lipinski definition) is 0. The summed E-state index contributed by atoms with van der Waals surface area (Å²) < 4.78 is 12.5. The van der Waals surface area contributed by atoms with E-state index in [0.29, 0.717) is 0 Å². The molecule has 5 heteroatoms. The van der Waals surface area contributed by atoms with Crippen LogP contribution in [0.15, 0.2) is 54.6 Å². The van der Waals surface area contributed by atoms with E-state index in [2.05, 4.69) is 71.3 Å². The first-order chi connectivity index (χ1) is 18.8. The number of hydrogen-bond acceptors (Lipinski definition) is 5. The SMILES string of the molecule is CCc1ccc2cccc(OC3CCN(CCc4ccc(OCCCN5CCCCCC5)cc4)CC3)c2n1. The first-order valence-electron chi connectivity index (χ1n) is 15.0. The number of ether oxygens (including phenoxy) is 2. The summed E-state index contributed by atoms with van der Waals surface area (Å²) >= 11 is 0. The van der Waals surface area contributed by atoms with Crippen LogP contribution in [0.5, 0.6) is 11.5 Å². The minimum absolute atomic E-state index is 0.264. The molecule has 2 saturated heterocycles. The van der Waals surface area contributed by atoms with Crippen molar-refractivity contribution >= 4 is 10.9 Å². The van der Waals surface area contributed by atoms with Crippen molar-refractivity contribution in [2.24, 2.45) is 0 Å². The molecule has 5 rings (SSSR count). The fourth-order valence-electron chi connectivity index (χ4n) is 5.76. The third-order valence-corrected chi connectivity index (χ3v) is 8.16. The summed E-state index contributed by atoms with van der Waals surface area (Å²) in [6, 6.07) is 19.3. The van der Waals surface area contributed by atoms with Gasteiger partial charge >= 0.3 is 0 Å². The topological polar surface area (TPSA) is 37.8 Å². The minimum Gasteiger partial charge on any atom is -0.494 e. The van der Waals surface area contributed by atoms with Gasteiger partial charge in [-0.25, -0.2) is 4.98 Å². The van der Waals surface area contributed by atoms with Gasteiger partial charge in [0.1, 0.15) is 23.1 Å². The highest BCUT2D eigenvalue weighted by Crippen LogP contribution is 2.27. The maximum Gasteiger partial charge on any atom is 0.145 e. The third-order valence-electron chi connectivity index (χ3n) is 8.16. The van der Waals surface area contributed by atoms with Gasteiger partial charge in [0.05, 0.1) is 6.61 Å². The maximum absolute atomic E-state index is 6.47. The summed E-state index contributed by atoms with van der Waals surface area (Å²) in [4.78, 5) is 10.0. The van der Waals surface area contributed by atoms with Crippen molar-refractivity contribution in [1.29, 1.82) is 0 Å². The van der Waals surface area contributed by atoms with Crippen LogP contribution in [0.25, 0.3) is 10.9 Å². The van der Waals surface area contributed by atoms with Gasteiger partial charge in [-0.05, 0) is 87.9 Å². The van der Waals surface area contributed by atoms with Crippen LogP contribution in [0.3, 0.4) is 0 Å². The quantitative estimate of drug-likeness (QED) is 0.272. The molecule has 3 heterocycles. The summed E-state index contributed by atoms with van der Waals surface area (Å²) in [6.45, 7) is 9.91. The van der Waals surface area contributed by atoms with Gasteiger partial charge in [0, 0.05) is 37.3 Å². The Hall–Kier alpha value is -2.63. The van der Waals surface area contributed by atoms with Crippen LogP contribution in [-0.4, -0.2) is 66.8 Å². The summed E-state index contributed by atoms with van der Waals surface area (Å²) in [5.41, 5.74) is 3.50. The largest absolute Gasteiger partial charge is 0.494 e. The number of pyridine rings is 1. The monoisotopic (exact) mass is 515 g/mol. The van der Waals surface area contributed by atoms with Gasteiger partial charge in [0.15, 0.2) is 0 Å². The second kappa shape index (κ2) is 14.0. The van der Waals surface area contributed by atoms with Crippen LogP contribution < -0.4 is 9.47 Å². The van der Waals surface area contributed by atoms with E-state index in [1.807, 2.05) is 0 Å². The standard InChI is InChI=1S/C33H45N3O2/c1-2-29-14-13-28-9-7-10-32(33(28)34-29)38-31-18-24-36(25-19-31)23-17-27-11-15-30(16-12-27)37-26-8-22-35-20-5-3-4-6-21-35/h7,9-16,31H,2-6,8,17-26H2,1H3. The Morgan fingerprint density at radius 2 is 1.58 bits per heavy atom. The van der Waals surface area contributed by atoms with Crippen molar-refractivity contribution in [3.05, 3.63) is 65.9 Å². The molecule has 0 bridgehead atoms. The van der Waals surface area contributed by atoms with Crippen LogP contribution in [0, 0.1) is 0 Å². The molecule has 0 aliphatic carbocycles. The lowest BCUT2D eigenvalue weighted by Gasteiger charge is -2.32. The van der Waals surface area contributed by atoms with Crippen LogP contribution in [0.2, 0.25) is 0 Å². The van der Waals surface area contributed by atoms with Crippen molar-refractivity contribution in [2.45, 2.75) is 70.8 Å². The molecule has 5 nitrogen and oxygen atoms in total. The van der Waals surface area contributed by atoms with Crippen LogP contribution in [-0.2, 0) is 12.8 Å². The van der Waals surface area contributed by atoms with Crippen molar-refractivity contribution in [3.8, 4) is 11.5 Å². The van der Waals surface area contributed by atoms with Crippen molar-refractivity contribution in [2.75, 3.05) is 45.9 Å². The number of para-hydroxylation sites is 1. The average molecular weight is 516 g/mol. The van der Waals surface area contributed by atoms with Gasteiger partial charge < -0.3 is 19.3 Å². The summed E-state index contributed by atoms with van der Waals surface area (Å²) in [6.07, 6.45) is 11.0. The second-order valence-corrected chi connectivity index (χ2v) is 11.0. The number of fused-ring (bicyclic) bond motifs is 1. The number of aromatic nitrogens is 1. The lowest BCUT2D eigenvalue weighted by molar-refractivity contribution is 0.102. The number of benzene rings is 2. The number of rotatable bonds is 11. The van der Waals surface area contributed by atoms with Crippen LogP contribution >= 0.6 is 0 Å². The molecule has 3 aromatic rings. The summed E-state index contributed by atoms with van der Waals surface area (Å²) in [5, 5.41) is 1.15. The van der Waals surface area contributed by atoms with Gasteiger partial charge in [-0.3, -0.25) is 0 Å². The highest BCUT2D eigenvalue weighted by atomic mass is 16.5. The van der Waals surface area contributed by atoms with E-state index in [0.717, 1.165) is 86.4 Å². The van der Waals surface area contributed by atoms with E-state index < -0.39 is 0 Å². The Kier molecular flexibility index (Phi) is 9.90. The second-order valence-electron chi connectivity index (χ2n) is 11.0. The maximum atomic E-state index is 6.47. The molecular weight excluding hydrogens is 470 g/mol. The highest BCUT2D eigenvalue weighted by Gasteiger charge is 2.21. The van der Waals surface area contributed by atoms with Gasteiger partial charge in [-0.15, -0.1) is 0 Å². The molecule has 0 unspecified atom stereocenters. The minimum atomic E-state index is 0.264. The lowest BCUT2D eigenvalue weighted by atomic mass is 10.1. The van der Waals surface area contributed by atoms with E-state index in [-0.39, 0.29) is 6.10 Å². The Bertz CT molecular complexity index is 1120. The van der Waals surface area contributed by atoms with E-state index in [4.69, 9.17) is 14.5 Å². The van der Waals surface area contributed by atoms with Crippen molar-refractivity contribution in [1.82, 2.24) is 14.8 Å². The van der Waals surface area contributed by atoms with Gasteiger partial charge in [0.25, 0.3) is 0 Å². The number of likely N-dealkylation sites (tertiary alicyclic amines) is 2. The zero-order chi connectivity index (χ0) is 26.0. The van der Waals surface area contributed by atoms with E-state index in [1.54, 1.807) is 0 Å². The Balaban J connectivity index is 1.01. The molecule has 0 amide bonds.